The van der Waals surface area contributed by atoms with Crippen molar-refractivity contribution in [2.45, 2.75) is 20.0 Å². The van der Waals surface area contributed by atoms with Gasteiger partial charge in [0.1, 0.15) is 12.9 Å². The predicted molar refractivity (Wildman–Crippen MR) is 96.2 cm³/mol. The van der Waals surface area contributed by atoms with Crippen molar-refractivity contribution in [2.24, 2.45) is 0 Å². The maximum absolute atomic E-state index is 12.1. The van der Waals surface area contributed by atoms with Gasteiger partial charge in [-0.2, -0.15) is 5.10 Å². The molecule has 25 heavy (non-hydrogen) atoms. The fraction of sp³-hybridized carbons (Fsp3) is 0.200. The van der Waals surface area contributed by atoms with E-state index in [1.165, 1.54) is 17.2 Å². The number of hydrogen-bond acceptors (Lipinski definition) is 4. The molecule has 0 aliphatic rings. The number of rotatable bonds is 5. The van der Waals surface area contributed by atoms with Gasteiger partial charge in [-0.3, -0.25) is 14.8 Å². The average Bonchev–Trinajstić information content (AvgIpc) is 3.12. The molecule has 3 rings (SSSR count). The van der Waals surface area contributed by atoms with E-state index in [1.54, 1.807) is 23.7 Å². The standard InChI is InChI=1S/C15H13Cl3N6O/c1-9-13(18)5-20-24(9)7-14(25)21-15-19-8-23(22-15)6-10-2-3-11(16)12(17)4-10/h2-5,8H,6-7H2,1H3,(H,21,22,25). The zero-order valence-electron chi connectivity index (χ0n) is 13.1. The van der Waals surface area contributed by atoms with Gasteiger partial charge >= 0.3 is 0 Å². The highest BCUT2D eigenvalue weighted by atomic mass is 35.5. The summed E-state index contributed by atoms with van der Waals surface area (Å²) in [7, 11) is 0. The molecule has 0 fully saturated rings. The lowest BCUT2D eigenvalue weighted by Crippen LogP contribution is -2.21. The Bertz CT molecular complexity index is 920. The van der Waals surface area contributed by atoms with Gasteiger partial charge in [0, 0.05) is 0 Å². The second kappa shape index (κ2) is 7.43. The summed E-state index contributed by atoms with van der Waals surface area (Å²) < 4.78 is 3.09. The molecule has 7 nitrogen and oxygen atoms in total. The SMILES string of the molecule is Cc1c(Cl)cnn1CC(=O)Nc1ncn(Cc2ccc(Cl)c(Cl)c2)n1. The minimum Gasteiger partial charge on any atom is -0.292 e. The van der Waals surface area contributed by atoms with Crippen molar-refractivity contribution >= 4 is 46.7 Å². The monoisotopic (exact) mass is 398 g/mol. The van der Waals surface area contributed by atoms with Crippen LogP contribution in [0.1, 0.15) is 11.3 Å². The Morgan fingerprint density at radius 2 is 2.00 bits per heavy atom. The van der Waals surface area contributed by atoms with Crippen molar-refractivity contribution in [3.8, 4) is 0 Å². The number of benzene rings is 1. The molecule has 10 heteroatoms. The largest absolute Gasteiger partial charge is 0.292 e. The maximum Gasteiger partial charge on any atom is 0.248 e. The summed E-state index contributed by atoms with van der Waals surface area (Å²) in [6, 6.07) is 5.32. The third kappa shape index (κ3) is 4.31. The van der Waals surface area contributed by atoms with Crippen LogP contribution in [0.5, 0.6) is 0 Å². The van der Waals surface area contributed by atoms with Crippen LogP contribution in [-0.4, -0.2) is 30.5 Å². The molecule has 0 saturated carbocycles. The molecule has 2 aromatic heterocycles. The lowest BCUT2D eigenvalue weighted by atomic mass is 10.2. The topological polar surface area (TPSA) is 77.6 Å². The molecule has 0 atom stereocenters. The van der Waals surface area contributed by atoms with Crippen LogP contribution in [0, 0.1) is 6.92 Å². The Kier molecular flexibility index (Phi) is 5.27. The first kappa shape index (κ1) is 17.7. The van der Waals surface area contributed by atoms with Crippen molar-refractivity contribution in [1.29, 1.82) is 0 Å². The smallest absolute Gasteiger partial charge is 0.248 e. The van der Waals surface area contributed by atoms with Gasteiger partial charge in [0.25, 0.3) is 0 Å². The fourth-order valence-corrected chi connectivity index (χ4v) is 2.60. The van der Waals surface area contributed by atoms with Crippen LogP contribution in [0.3, 0.4) is 0 Å². The molecule has 0 saturated heterocycles. The summed E-state index contributed by atoms with van der Waals surface area (Å²) >= 11 is 17.8. The first-order chi connectivity index (χ1) is 11.9. The molecule has 1 amide bonds. The first-order valence-corrected chi connectivity index (χ1v) is 8.37. The quantitative estimate of drug-likeness (QED) is 0.713. The highest BCUT2D eigenvalue weighted by Crippen LogP contribution is 2.22. The van der Waals surface area contributed by atoms with E-state index >= 15 is 0 Å². The molecule has 0 aliphatic carbocycles. The number of nitrogens with one attached hydrogen (secondary N) is 1. The summed E-state index contributed by atoms with van der Waals surface area (Å²) in [5.41, 5.74) is 1.63. The van der Waals surface area contributed by atoms with Crippen LogP contribution in [-0.2, 0) is 17.9 Å². The molecule has 1 aromatic carbocycles. The van der Waals surface area contributed by atoms with Crippen molar-refractivity contribution in [1.82, 2.24) is 24.5 Å². The third-order valence-corrected chi connectivity index (χ3v) is 4.56. The average molecular weight is 400 g/mol. The zero-order valence-corrected chi connectivity index (χ0v) is 15.3. The van der Waals surface area contributed by atoms with Gasteiger partial charge in [-0.25, -0.2) is 9.67 Å². The summed E-state index contributed by atoms with van der Waals surface area (Å²) in [4.78, 5) is 16.1. The second-order valence-electron chi connectivity index (χ2n) is 5.30. The number of amides is 1. The Labute approximate surface area is 158 Å². The van der Waals surface area contributed by atoms with Crippen LogP contribution in [0.25, 0.3) is 0 Å². The van der Waals surface area contributed by atoms with Crippen LogP contribution in [0.2, 0.25) is 15.1 Å². The van der Waals surface area contributed by atoms with Crippen molar-refractivity contribution in [3.05, 3.63) is 57.0 Å². The van der Waals surface area contributed by atoms with Gasteiger partial charge in [-0.05, 0) is 24.6 Å². The molecule has 0 unspecified atom stereocenters. The Morgan fingerprint density at radius 3 is 2.68 bits per heavy atom. The van der Waals surface area contributed by atoms with Gasteiger partial charge in [-0.1, -0.05) is 40.9 Å². The molecule has 130 valence electrons. The minimum absolute atomic E-state index is 0.0277. The van der Waals surface area contributed by atoms with E-state index in [4.69, 9.17) is 34.8 Å². The van der Waals surface area contributed by atoms with Crippen molar-refractivity contribution < 1.29 is 4.79 Å². The van der Waals surface area contributed by atoms with E-state index < -0.39 is 0 Å². The number of anilines is 1. The summed E-state index contributed by atoms with van der Waals surface area (Å²) in [6.45, 7) is 2.26. The van der Waals surface area contributed by atoms with Crippen LogP contribution < -0.4 is 5.32 Å². The number of carbonyl (C=O) groups excluding carboxylic acids is 1. The van der Waals surface area contributed by atoms with Gasteiger partial charge < -0.3 is 0 Å². The van der Waals surface area contributed by atoms with Crippen LogP contribution in [0.4, 0.5) is 5.95 Å². The van der Waals surface area contributed by atoms with E-state index in [9.17, 15) is 4.79 Å². The summed E-state index contributed by atoms with van der Waals surface area (Å²) in [5.74, 6) is -0.0869. The Balaban J connectivity index is 1.62. The lowest BCUT2D eigenvalue weighted by Gasteiger charge is -2.04. The molecule has 0 aliphatic heterocycles. The molecular formula is C15H13Cl3N6O. The summed E-state index contributed by atoms with van der Waals surface area (Å²) in [6.07, 6.45) is 3.02. The summed E-state index contributed by atoms with van der Waals surface area (Å²) in [5, 5.41) is 12.3. The minimum atomic E-state index is -0.296. The number of carbonyl (C=O) groups is 1. The Morgan fingerprint density at radius 1 is 1.20 bits per heavy atom. The molecule has 1 N–H and O–H groups in total. The number of hydrogen-bond donors (Lipinski definition) is 1. The third-order valence-electron chi connectivity index (χ3n) is 3.45. The maximum atomic E-state index is 12.1. The van der Waals surface area contributed by atoms with E-state index in [0.717, 1.165) is 11.3 Å². The van der Waals surface area contributed by atoms with Gasteiger partial charge in [0.15, 0.2) is 0 Å². The number of halogens is 3. The van der Waals surface area contributed by atoms with Gasteiger partial charge in [-0.15, -0.1) is 5.10 Å². The van der Waals surface area contributed by atoms with E-state index in [0.29, 0.717) is 21.6 Å². The van der Waals surface area contributed by atoms with Gasteiger partial charge in [0.2, 0.25) is 11.9 Å². The molecular weight excluding hydrogens is 387 g/mol. The Hall–Kier alpha value is -2.09. The fourth-order valence-electron chi connectivity index (χ4n) is 2.14. The second-order valence-corrected chi connectivity index (χ2v) is 6.52. The predicted octanol–water partition coefficient (Wildman–Crippen LogP) is 3.43. The van der Waals surface area contributed by atoms with Gasteiger partial charge in [0.05, 0.1) is 33.5 Å². The molecule has 2 heterocycles. The number of aromatic nitrogens is 5. The lowest BCUT2D eigenvalue weighted by molar-refractivity contribution is -0.117. The van der Waals surface area contributed by atoms with Crippen molar-refractivity contribution in [3.63, 3.8) is 0 Å². The molecule has 0 spiro atoms. The molecule has 3 aromatic rings. The highest BCUT2D eigenvalue weighted by molar-refractivity contribution is 6.42. The zero-order chi connectivity index (χ0) is 18.0. The van der Waals surface area contributed by atoms with E-state index in [2.05, 4.69) is 20.5 Å². The highest BCUT2D eigenvalue weighted by Gasteiger charge is 2.11. The van der Waals surface area contributed by atoms with E-state index in [-0.39, 0.29) is 18.4 Å². The van der Waals surface area contributed by atoms with Crippen molar-refractivity contribution in [2.75, 3.05) is 5.32 Å². The molecule has 0 bridgehead atoms. The van der Waals surface area contributed by atoms with Crippen LogP contribution >= 0.6 is 34.8 Å². The molecule has 0 radical (unpaired) electrons. The number of nitrogens with zero attached hydrogens (tertiary/aromatic N) is 5. The van der Waals surface area contributed by atoms with Crippen LogP contribution in [0.15, 0.2) is 30.7 Å². The first-order valence-electron chi connectivity index (χ1n) is 7.23. The van der Waals surface area contributed by atoms with E-state index in [1.807, 2.05) is 6.07 Å². The normalized spacial score (nSPS) is 10.9.